The van der Waals surface area contributed by atoms with Gasteiger partial charge >= 0.3 is 0 Å². The molecule has 0 fully saturated rings. The first-order chi connectivity index (χ1) is 7.11. The molecule has 0 heterocycles. The summed E-state index contributed by atoms with van der Waals surface area (Å²) in [5.41, 5.74) is 5.57. The summed E-state index contributed by atoms with van der Waals surface area (Å²) >= 11 is 0. The average molecular weight is 251 g/mol. The molecule has 1 aromatic rings. The quantitative estimate of drug-likeness (QED) is 0.838. The average Bonchev–Trinajstić information content (AvgIpc) is 2.16. The minimum Gasteiger partial charge on any atom is -0.355 e. The van der Waals surface area contributed by atoms with Crippen molar-refractivity contribution in [1.82, 2.24) is 5.32 Å². The second-order valence-corrected chi connectivity index (χ2v) is 3.08. The summed E-state index contributed by atoms with van der Waals surface area (Å²) in [7, 11) is 0. The number of hydrogen-bond donors (Lipinski definition) is 2. The van der Waals surface area contributed by atoms with Crippen LogP contribution < -0.4 is 11.1 Å². The number of carbonyl (C=O) groups excluding carboxylic acids is 1. The molecule has 16 heavy (non-hydrogen) atoms. The van der Waals surface area contributed by atoms with E-state index in [0.717, 1.165) is 6.07 Å². The van der Waals surface area contributed by atoms with Gasteiger partial charge in [-0.2, -0.15) is 0 Å². The first-order valence-corrected chi connectivity index (χ1v) is 4.53. The Balaban J connectivity index is 0.00000225. The van der Waals surface area contributed by atoms with Crippen molar-refractivity contribution in [1.29, 1.82) is 0 Å². The van der Waals surface area contributed by atoms with Gasteiger partial charge in [0.15, 0.2) is 0 Å². The van der Waals surface area contributed by atoms with Crippen molar-refractivity contribution in [2.24, 2.45) is 5.73 Å². The van der Waals surface area contributed by atoms with E-state index in [1.54, 1.807) is 0 Å². The molecular weight excluding hydrogens is 238 g/mol. The zero-order valence-corrected chi connectivity index (χ0v) is 9.32. The molecular formula is C10H13ClF2N2O. The molecule has 0 spiro atoms. The SMILES string of the molecule is Cl.NCC(=O)NCCc1cc(F)cc(F)c1. The summed E-state index contributed by atoms with van der Waals surface area (Å²) < 4.78 is 25.5. The lowest BCUT2D eigenvalue weighted by molar-refractivity contribution is -0.119. The molecule has 3 nitrogen and oxygen atoms in total. The molecule has 1 aromatic carbocycles. The van der Waals surface area contributed by atoms with Crippen molar-refractivity contribution < 1.29 is 13.6 Å². The molecule has 0 saturated heterocycles. The molecule has 1 amide bonds. The Morgan fingerprint density at radius 1 is 1.25 bits per heavy atom. The maximum absolute atomic E-state index is 12.7. The highest BCUT2D eigenvalue weighted by atomic mass is 35.5. The Morgan fingerprint density at radius 3 is 2.31 bits per heavy atom. The van der Waals surface area contributed by atoms with Crippen LogP contribution in [0.2, 0.25) is 0 Å². The summed E-state index contributed by atoms with van der Waals surface area (Å²) in [5, 5.41) is 2.51. The maximum Gasteiger partial charge on any atom is 0.233 e. The summed E-state index contributed by atoms with van der Waals surface area (Å²) in [6, 6.07) is 3.28. The lowest BCUT2D eigenvalue weighted by Gasteiger charge is -2.04. The Morgan fingerprint density at radius 2 is 1.81 bits per heavy atom. The fourth-order valence-electron chi connectivity index (χ4n) is 1.17. The fourth-order valence-corrected chi connectivity index (χ4v) is 1.17. The van der Waals surface area contributed by atoms with Gasteiger partial charge in [-0.1, -0.05) is 0 Å². The number of hydrogen-bond acceptors (Lipinski definition) is 2. The van der Waals surface area contributed by atoms with Crippen molar-refractivity contribution in [3.8, 4) is 0 Å². The molecule has 6 heteroatoms. The van der Waals surface area contributed by atoms with Crippen LogP contribution in [0.5, 0.6) is 0 Å². The number of benzene rings is 1. The minimum absolute atomic E-state index is 0. The minimum atomic E-state index is -0.616. The van der Waals surface area contributed by atoms with E-state index >= 15 is 0 Å². The molecule has 0 unspecified atom stereocenters. The predicted molar refractivity (Wildman–Crippen MR) is 59.4 cm³/mol. The van der Waals surface area contributed by atoms with E-state index in [1.165, 1.54) is 12.1 Å². The molecule has 3 N–H and O–H groups in total. The molecule has 0 radical (unpaired) electrons. The zero-order valence-electron chi connectivity index (χ0n) is 8.50. The third-order valence-corrected chi connectivity index (χ3v) is 1.84. The van der Waals surface area contributed by atoms with Crippen LogP contribution in [-0.2, 0) is 11.2 Å². The Kier molecular flexibility index (Phi) is 6.60. The number of nitrogens with one attached hydrogen (secondary N) is 1. The third-order valence-electron chi connectivity index (χ3n) is 1.84. The number of carbonyl (C=O) groups is 1. The van der Waals surface area contributed by atoms with Crippen LogP contribution in [0.3, 0.4) is 0 Å². The van der Waals surface area contributed by atoms with Crippen LogP contribution in [0, 0.1) is 11.6 Å². The second kappa shape index (κ2) is 7.14. The number of halogens is 3. The smallest absolute Gasteiger partial charge is 0.233 e. The molecule has 0 aliphatic rings. The predicted octanol–water partition coefficient (Wildman–Crippen LogP) is 1.00. The topological polar surface area (TPSA) is 55.1 Å². The van der Waals surface area contributed by atoms with Crippen LogP contribution in [0.25, 0.3) is 0 Å². The van der Waals surface area contributed by atoms with E-state index in [1.807, 2.05) is 0 Å². The zero-order chi connectivity index (χ0) is 11.3. The van der Waals surface area contributed by atoms with Gasteiger partial charge in [0.25, 0.3) is 0 Å². The van der Waals surface area contributed by atoms with Gasteiger partial charge in [0, 0.05) is 12.6 Å². The molecule has 0 aliphatic heterocycles. The fraction of sp³-hybridized carbons (Fsp3) is 0.300. The monoisotopic (exact) mass is 250 g/mol. The van der Waals surface area contributed by atoms with E-state index in [0.29, 0.717) is 18.5 Å². The van der Waals surface area contributed by atoms with Gasteiger partial charge in [0.2, 0.25) is 5.91 Å². The van der Waals surface area contributed by atoms with E-state index in [9.17, 15) is 13.6 Å². The van der Waals surface area contributed by atoms with E-state index in [-0.39, 0.29) is 24.9 Å². The van der Waals surface area contributed by atoms with Gasteiger partial charge in [-0.05, 0) is 24.1 Å². The van der Waals surface area contributed by atoms with Crippen molar-refractivity contribution >= 4 is 18.3 Å². The molecule has 0 saturated carbocycles. The summed E-state index contributed by atoms with van der Waals surface area (Å²) in [4.78, 5) is 10.8. The second-order valence-electron chi connectivity index (χ2n) is 3.08. The van der Waals surface area contributed by atoms with Crippen molar-refractivity contribution in [3.63, 3.8) is 0 Å². The lowest BCUT2D eigenvalue weighted by atomic mass is 10.1. The molecule has 0 aliphatic carbocycles. The van der Waals surface area contributed by atoms with Crippen LogP contribution in [0.4, 0.5) is 8.78 Å². The summed E-state index contributed by atoms with van der Waals surface area (Å²) in [5.74, 6) is -1.52. The van der Waals surface area contributed by atoms with Gasteiger partial charge in [-0.25, -0.2) is 8.78 Å². The van der Waals surface area contributed by atoms with Gasteiger partial charge in [-0.15, -0.1) is 12.4 Å². The van der Waals surface area contributed by atoms with E-state index in [4.69, 9.17) is 5.73 Å². The maximum atomic E-state index is 12.7. The Labute approximate surface area is 98.4 Å². The molecule has 1 rings (SSSR count). The molecule has 0 aromatic heterocycles. The number of rotatable bonds is 4. The van der Waals surface area contributed by atoms with Crippen LogP contribution in [0.1, 0.15) is 5.56 Å². The van der Waals surface area contributed by atoms with Crippen LogP contribution >= 0.6 is 12.4 Å². The van der Waals surface area contributed by atoms with Gasteiger partial charge in [0.1, 0.15) is 11.6 Å². The standard InChI is InChI=1S/C10H12F2N2O.ClH/c11-8-3-7(4-9(12)5-8)1-2-14-10(15)6-13;/h3-5H,1-2,6,13H2,(H,14,15);1H. The molecule has 0 bridgehead atoms. The number of nitrogens with two attached hydrogens (primary N) is 1. The van der Waals surface area contributed by atoms with Gasteiger partial charge in [-0.3, -0.25) is 4.79 Å². The third kappa shape index (κ3) is 5.04. The largest absolute Gasteiger partial charge is 0.355 e. The summed E-state index contributed by atoms with van der Waals surface area (Å²) in [6.07, 6.45) is 0.375. The van der Waals surface area contributed by atoms with Crippen molar-refractivity contribution in [2.45, 2.75) is 6.42 Å². The van der Waals surface area contributed by atoms with Crippen molar-refractivity contribution in [2.75, 3.05) is 13.1 Å². The van der Waals surface area contributed by atoms with Crippen LogP contribution in [0.15, 0.2) is 18.2 Å². The normalized spacial score (nSPS) is 9.44. The highest BCUT2D eigenvalue weighted by Crippen LogP contribution is 2.07. The highest BCUT2D eigenvalue weighted by molar-refractivity contribution is 5.85. The number of amides is 1. The highest BCUT2D eigenvalue weighted by Gasteiger charge is 2.01. The van der Waals surface area contributed by atoms with Gasteiger partial charge in [0.05, 0.1) is 6.54 Å². The Hall–Kier alpha value is -1.20. The molecule has 90 valence electrons. The first kappa shape index (κ1) is 14.8. The van der Waals surface area contributed by atoms with E-state index < -0.39 is 11.6 Å². The van der Waals surface area contributed by atoms with Gasteiger partial charge < -0.3 is 11.1 Å². The summed E-state index contributed by atoms with van der Waals surface area (Å²) in [6.45, 7) is 0.233. The molecule has 0 atom stereocenters. The van der Waals surface area contributed by atoms with Crippen molar-refractivity contribution in [3.05, 3.63) is 35.4 Å². The lowest BCUT2D eigenvalue weighted by Crippen LogP contribution is -2.31. The Bertz CT molecular complexity index is 340. The van der Waals surface area contributed by atoms with Crippen LogP contribution in [-0.4, -0.2) is 19.0 Å². The first-order valence-electron chi connectivity index (χ1n) is 4.53. The van der Waals surface area contributed by atoms with E-state index in [2.05, 4.69) is 5.32 Å².